The number of hydrogen-bond acceptors (Lipinski definition) is 5. The zero-order valence-electron chi connectivity index (χ0n) is 11.9. The minimum atomic E-state index is -1.21. The highest BCUT2D eigenvalue weighted by Crippen LogP contribution is 2.36. The molecule has 2 aromatic carbocycles. The average Bonchev–Trinajstić information content (AvgIpc) is 2.55. The summed E-state index contributed by atoms with van der Waals surface area (Å²) in [5, 5.41) is 19.3. The molecule has 0 unspecified atom stereocenters. The second-order valence-electron chi connectivity index (χ2n) is 4.53. The lowest BCUT2D eigenvalue weighted by Crippen LogP contribution is -2.10. The molecule has 0 aliphatic carbocycles. The predicted molar refractivity (Wildman–Crippen MR) is 86.1 cm³/mol. The molecule has 0 amide bonds. The standard InChI is InChI=1S/C15H9Cl2NO6/c16-13-9(5-6-11(14(13)17)24-7-12(19)20)15(21)8-3-1-2-4-10(8)18(22)23/h1-6H,7H2,(H,19,20). The summed E-state index contributed by atoms with van der Waals surface area (Å²) in [4.78, 5) is 33.4. The molecule has 124 valence electrons. The van der Waals surface area contributed by atoms with E-state index in [9.17, 15) is 19.7 Å². The number of carbonyl (C=O) groups is 2. The number of rotatable bonds is 6. The summed E-state index contributed by atoms with van der Waals surface area (Å²) >= 11 is 12.0. The molecular formula is C15H9Cl2NO6. The largest absolute Gasteiger partial charge is 0.480 e. The van der Waals surface area contributed by atoms with Crippen molar-refractivity contribution in [3.05, 3.63) is 67.7 Å². The highest BCUT2D eigenvalue weighted by atomic mass is 35.5. The van der Waals surface area contributed by atoms with E-state index in [0.717, 1.165) is 0 Å². The molecule has 0 radical (unpaired) electrons. The van der Waals surface area contributed by atoms with Gasteiger partial charge in [0, 0.05) is 11.6 Å². The predicted octanol–water partition coefficient (Wildman–Crippen LogP) is 3.60. The van der Waals surface area contributed by atoms with Crippen LogP contribution < -0.4 is 4.74 Å². The first-order valence-corrected chi connectivity index (χ1v) is 7.19. The summed E-state index contributed by atoms with van der Waals surface area (Å²) in [5.41, 5.74) is -0.556. The fourth-order valence-electron chi connectivity index (χ4n) is 1.93. The maximum absolute atomic E-state index is 12.5. The number of nitro benzene ring substituents is 1. The van der Waals surface area contributed by atoms with Crippen LogP contribution in [0.25, 0.3) is 0 Å². The summed E-state index contributed by atoms with van der Waals surface area (Å²) in [7, 11) is 0. The molecule has 24 heavy (non-hydrogen) atoms. The number of carbonyl (C=O) groups excluding carboxylic acids is 1. The maximum atomic E-state index is 12.5. The number of hydrogen-bond donors (Lipinski definition) is 1. The van der Waals surface area contributed by atoms with Crippen LogP contribution in [0.15, 0.2) is 36.4 Å². The van der Waals surface area contributed by atoms with Gasteiger partial charge in [0.15, 0.2) is 6.61 Å². The number of carboxylic acid groups (broad SMARTS) is 1. The van der Waals surface area contributed by atoms with Crippen molar-refractivity contribution < 1.29 is 24.4 Å². The highest BCUT2D eigenvalue weighted by Gasteiger charge is 2.24. The van der Waals surface area contributed by atoms with Gasteiger partial charge in [0.1, 0.15) is 16.3 Å². The van der Waals surface area contributed by atoms with E-state index >= 15 is 0 Å². The Morgan fingerprint density at radius 3 is 2.38 bits per heavy atom. The zero-order valence-corrected chi connectivity index (χ0v) is 13.4. The Labute approximate surface area is 145 Å². The molecule has 1 N–H and O–H groups in total. The summed E-state index contributed by atoms with van der Waals surface area (Å²) in [6, 6.07) is 7.97. The Hall–Kier alpha value is -2.64. The molecular weight excluding hydrogens is 361 g/mol. The van der Waals surface area contributed by atoms with Gasteiger partial charge in [-0.2, -0.15) is 0 Å². The van der Waals surface area contributed by atoms with E-state index in [0.29, 0.717) is 0 Å². The molecule has 9 heteroatoms. The lowest BCUT2D eigenvalue weighted by Gasteiger charge is -2.10. The molecule has 0 atom stereocenters. The van der Waals surface area contributed by atoms with Crippen LogP contribution in [0.5, 0.6) is 5.75 Å². The fourth-order valence-corrected chi connectivity index (χ4v) is 2.39. The molecule has 2 aromatic rings. The van der Waals surface area contributed by atoms with Crippen LogP contribution in [0.2, 0.25) is 10.0 Å². The van der Waals surface area contributed by atoms with E-state index in [2.05, 4.69) is 0 Å². The molecule has 7 nitrogen and oxygen atoms in total. The number of para-hydroxylation sites is 1. The van der Waals surface area contributed by atoms with E-state index in [1.807, 2.05) is 0 Å². The van der Waals surface area contributed by atoms with E-state index in [1.54, 1.807) is 0 Å². The number of nitrogens with zero attached hydrogens (tertiary/aromatic N) is 1. The van der Waals surface area contributed by atoms with Crippen LogP contribution in [0.4, 0.5) is 5.69 Å². The van der Waals surface area contributed by atoms with Gasteiger partial charge in [0.05, 0.1) is 9.95 Å². The number of aliphatic carboxylic acids is 1. The van der Waals surface area contributed by atoms with E-state index in [-0.39, 0.29) is 32.6 Å². The number of nitro groups is 1. The normalized spacial score (nSPS) is 10.2. The fraction of sp³-hybridized carbons (Fsp3) is 0.0667. The molecule has 0 saturated heterocycles. The van der Waals surface area contributed by atoms with Crippen molar-refractivity contribution in [1.29, 1.82) is 0 Å². The Morgan fingerprint density at radius 2 is 1.75 bits per heavy atom. The van der Waals surface area contributed by atoms with Gasteiger partial charge in [-0.3, -0.25) is 14.9 Å². The maximum Gasteiger partial charge on any atom is 0.341 e. The summed E-state index contributed by atoms with van der Waals surface area (Å²) in [5.74, 6) is -1.90. The van der Waals surface area contributed by atoms with Crippen molar-refractivity contribution in [1.82, 2.24) is 0 Å². The third kappa shape index (κ3) is 3.64. The SMILES string of the molecule is O=C(O)COc1ccc(C(=O)c2ccccc2[N+](=O)[O-])c(Cl)c1Cl. The van der Waals surface area contributed by atoms with Crippen molar-refractivity contribution in [2.24, 2.45) is 0 Å². The van der Waals surface area contributed by atoms with Crippen molar-refractivity contribution in [3.63, 3.8) is 0 Å². The van der Waals surface area contributed by atoms with Crippen LogP contribution in [-0.2, 0) is 4.79 Å². The highest BCUT2D eigenvalue weighted by molar-refractivity contribution is 6.45. The second kappa shape index (κ2) is 7.29. The Kier molecular flexibility index (Phi) is 5.38. The van der Waals surface area contributed by atoms with Crippen LogP contribution in [0.1, 0.15) is 15.9 Å². The van der Waals surface area contributed by atoms with E-state index < -0.39 is 23.3 Å². The topological polar surface area (TPSA) is 107 Å². The zero-order chi connectivity index (χ0) is 17.9. The smallest absolute Gasteiger partial charge is 0.341 e. The van der Waals surface area contributed by atoms with E-state index in [1.165, 1.54) is 36.4 Å². The van der Waals surface area contributed by atoms with Gasteiger partial charge >= 0.3 is 5.97 Å². The molecule has 0 aliphatic heterocycles. The lowest BCUT2D eigenvalue weighted by atomic mass is 10.0. The van der Waals surface area contributed by atoms with Gasteiger partial charge in [-0.25, -0.2) is 4.79 Å². The van der Waals surface area contributed by atoms with Gasteiger partial charge in [-0.05, 0) is 18.2 Å². The summed E-state index contributed by atoms with van der Waals surface area (Å²) < 4.78 is 4.95. The summed E-state index contributed by atoms with van der Waals surface area (Å²) in [6.07, 6.45) is 0. The second-order valence-corrected chi connectivity index (χ2v) is 5.28. The van der Waals surface area contributed by atoms with Crippen LogP contribution in [0, 0.1) is 10.1 Å². The molecule has 0 fully saturated rings. The molecule has 2 rings (SSSR count). The number of ether oxygens (including phenoxy) is 1. The Morgan fingerprint density at radius 1 is 1.08 bits per heavy atom. The van der Waals surface area contributed by atoms with Gasteiger partial charge in [0.25, 0.3) is 5.69 Å². The minimum absolute atomic E-state index is 0.0109. The van der Waals surface area contributed by atoms with Crippen LogP contribution in [-0.4, -0.2) is 28.4 Å². The monoisotopic (exact) mass is 369 g/mol. The first kappa shape index (κ1) is 17.7. The van der Waals surface area contributed by atoms with Crippen LogP contribution >= 0.6 is 23.2 Å². The van der Waals surface area contributed by atoms with Crippen molar-refractivity contribution in [3.8, 4) is 5.75 Å². The molecule has 0 aliphatic rings. The number of benzene rings is 2. The molecule has 0 aromatic heterocycles. The van der Waals surface area contributed by atoms with Gasteiger partial charge in [-0.1, -0.05) is 35.3 Å². The lowest BCUT2D eigenvalue weighted by molar-refractivity contribution is -0.385. The van der Waals surface area contributed by atoms with E-state index in [4.69, 9.17) is 33.0 Å². The third-order valence-corrected chi connectivity index (χ3v) is 3.85. The first-order chi connectivity index (χ1) is 11.3. The van der Waals surface area contributed by atoms with Crippen molar-refractivity contribution >= 4 is 40.6 Å². The number of carboxylic acids is 1. The number of halogens is 2. The van der Waals surface area contributed by atoms with Gasteiger partial charge in [-0.15, -0.1) is 0 Å². The first-order valence-electron chi connectivity index (χ1n) is 6.43. The summed E-state index contributed by atoms with van der Waals surface area (Å²) in [6.45, 7) is -0.631. The Balaban J connectivity index is 2.43. The minimum Gasteiger partial charge on any atom is -0.480 e. The third-order valence-electron chi connectivity index (χ3n) is 2.99. The molecule has 0 bridgehead atoms. The molecule has 0 heterocycles. The number of ketones is 1. The van der Waals surface area contributed by atoms with Gasteiger partial charge in [0.2, 0.25) is 5.78 Å². The van der Waals surface area contributed by atoms with Crippen LogP contribution in [0.3, 0.4) is 0 Å². The van der Waals surface area contributed by atoms with Gasteiger partial charge < -0.3 is 9.84 Å². The van der Waals surface area contributed by atoms with Crippen molar-refractivity contribution in [2.45, 2.75) is 0 Å². The molecule has 0 spiro atoms. The average molecular weight is 370 g/mol. The quantitative estimate of drug-likeness (QED) is 0.473. The molecule has 0 saturated carbocycles. The van der Waals surface area contributed by atoms with Crippen molar-refractivity contribution in [2.75, 3.05) is 6.61 Å². The Bertz CT molecular complexity index is 837.